The van der Waals surface area contributed by atoms with E-state index < -0.39 is 0 Å². The summed E-state index contributed by atoms with van der Waals surface area (Å²) in [6.45, 7) is 1.31. The van der Waals surface area contributed by atoms with Gasteiger partial charge in [0.2, 0.25) is 6.29 Å². The molecule has 2 heterocycles. The number of halogens is 1. The average Bonchev–Trinajstić information content (AvgIpc) is 2.55. The summed E-state index contributed by atoms with van der Waals surface area (Å²) in [5.41, 5.74) is 0. The molecule has 0 unspecified atom stereocenters. The van der Waals surface area contributed by atoms with Gasteiger partial charge in [0, 0.05) is 0 Å². The van der Waals surface area contributed by atoms with E-state index in [0.29, 0.717) is 13.2 Å². The Balaban J connectivity index is 2.15. The number of hydrogen-bond acceptors (Lipinski definition) is 3. The molecule has 0 radical (unpaired) electrons. The molecule has 2 rings (SSSR count). The van der Waals surface area contributed by atoms with Crippen LogP contribution in [-0.4, -0.2) is 13.2 Å². The fraction of sp³-hybridized carbons (Fsp3) is 0.429. The van der Waals surface area contributed by atoms with Crippen LogP contribution in [0.5, 0.6) is 0 Å². The van der Waals surface area contributed by atoms with Gasteiger partial charge >= 0.3 is 0 Å². The molecule has 0 atom stereocenters. The van der Waals surface area contributed by atoms with Crippen molar-refractivity contribution in [1.82, 2.24) is 0 Å². The summed E-state index contributed by atoms with van der Waals surface area (Å²) < 4.78 is 16.6. The molecule has 1 saturated heterocycles. The summed E-state index contributed by atoms with van der Waals surface area (Å²) in [6.07, 6.45) is -0.279. The first-order valence-corrected chi connectivity index (χ1v) is 4.42. The third-order valence-corrected chi connectivity index (χ3v) is 2.03. The van der Waals surface area contributed by atoms with Crippen LogP contribution in [0.1, 0.15) is 12.1 Å². The van der Waals surface area contributed by atoms with E-state index in [1.165, 1.54) is 0 Å². The first-order chi connectivity index (χ1) is 5.36. The molecule has 4 heteroatoms. The zero-order chi connectivity index (χ0) is 7.68. The average molecular weight is 266 g/mol. The maximum Gasteiger partial charge on any atom is 0.217 e. The highest BCUT2D eigenvalue weighted by Gasteiger charge is 2.21. The number of ether oxygens (including phenoxy) is 2. The summed E-state index contributed by atoms with van der Waals surface area (Å²) in [6, 6.07) is 3.76. The molecule has 0 aromatic carbocycles. The molecule has 0 N–H and O–H groups in total. The Labute approximate surface area is 77.8 Å². The second kappa shape index (κ2) is 3.12. The van der Waals surface area contributed by atoms with Crippen LogP contribution >= 0.6 is 22.6 Å². The van der Waals surface area contributed by atoms with Crippen LogP contribution in [0, 0.1) is 3.77 Å². The van der Waals surface area contributed by atoms with E-state index in [2.05, 4.69) is 22.6 Å². The molecule has 0 aliphatic carbocycles. The molecule has 0 amide bonds. The van der Waals surface area contributed by atoms with E-state index in [1.54, 1.807) is 0 Å². The molecule has 0 bridgehead atoms. The van der Waals surface area contributed by atoms with Gasteiger partial charge in [-0.15, -0.1) is 0 Å². The summed E-state index contributed by atoms with van der Waals surface area (Å²) >= 11 is 2.11. The quantitative estimate of drug-likeness (QED) is 0.728. The lowest BCUT2D eigenvalue weighted by Gasteiger charge is -2.03. The van der Waals surface area contributed by atoms with Gasteiger partial charge < -0.3 is 13.9 Å². The maximum absolute atomic E-state index is 5.30. The Morgan fingerprint density at radius 2 is 2.00 bits per heavy atom. The van der Waals surface area contributed by atoms with Crippen molar-refractivity contribution in [3.63, 3.8) is 0 Å². The molecular formula is C7H7IO3. The second-order valence-electron chi connectivity index (χ2n) is 2.22. The van der Waals surface area contributed by atoms with Crippen molar-refractivity contribution in [1.29, 1.82) is 0 Å². The maximum atomic E-state index is 5.30. The van der Waals surface area contributed by atoms with Crippen molar-refractivity contribution in [2.24, 2.45) is 0 Å². The zero-order valence-electron chi connectivity index (χ0n) is 5.75. The van der Waals surface area contributed by atoms with Crippen LogP contribution in [-0.2, 0) is 9.47 Å². The van der Waals surface area contributed by atoms with Crippen molar-refractivity contribution in [2.45, 2.75) is 6.29 Å². The summed E-state index contributed by atoms with van der Waals surface area (Å²) in [5, 5.41) is 0. The van der Waals surface area contributed by atoms with Gasteiger partial charge in [0.15, 0.2) is 9.53 Å². The van der Waals surface area contributed by atoms with Gasteiger partial charge in [-0.3, -0.25) is 0 Å². The summed E-state index contributed by atoms with van der Waals surface area (Å²) in [5.74, 6) is 0.756. The Morgan fingerprint density at radius 1 is 1.27 bits per heavy atom. The fourth-order valence-corrected chi connectivity index (χ4v) is 1.41. The Kier molecular flexibility index (Phi) is 2.15. The van der Waals surface area contributed by atoms with Crippen LogP contribution < -0.4 is 0 Å². The largest absolute Gasteiger partial charge is 0.450 e. The lowest BCUT2D eigenvalue weighted by molar-refractivity contribution is -0.0593. The zero-order valence-corrected chi connectivity index (χ0v) is 7.91. The van der Waals surface area contributed by atoms with Crippen LogP contribution in [0.25, 0.3) is 0 Å². The predicted octanol–water partition coefficient (Wildman–Crippen LogP) is 1.93. The van der Waals surface area contributed by atoms with Gasteiger partial charge in [-0.25, -0.2) is 0 Å². The van der Waals surface area contributed by atoms with Crippen LogP contribution in [0.15, 0.2) is 16.5 Å². The lowest BCUT2D eigenvalue weighted by atomic mass is 10.4. The van der Waals surface area contributed by atoms with Gasteiger partial charge in [0.05, 0.1) is 13.2 Å². The highest BCUT2D eigenvalue weighted by molar-refractivity contribution is 14.1. The Bertz CT molecular complexity index is 240. The van der Waals surface area contributed by atoms with Gasteiger partial charge in [0.1, 0.15) is 0 Å². The van der Waals surface area contributed by atoms with E-state index in [-0.39, 0.29) is 6.29 Å². The van der Waals surface area contributed by atoms with Gasteiger partial charge in [0.25, 0.3) is 0 Å². The molecule has 60 valence electrons. The molecule has 11 heavy (non-hydrogen) atoms. The molecule has 1 aliphatic rings. The summed E-state index contributed by atoms with van der Waals surface area (Å²) in [4.78, 5) is 0. The fourth-order valence-electron chi connectivity index (χ4n) is 0.978. The first kappa shape index (κ1) is 7.57. The Hall–Kier alpha value is -0.0700. The van der Waals surface area contributed by atoms with Crippen molar-refractivity contribution in [3.05, 3.63) is 21.7 Å². The highest BCUT2D eigenvalue weighted by Crippen LogP contribution is 2.25. The molecule has 1 fully saturated rings. The van der Waals surface area contributed by atoms with Crippen molar-refractivity contribution >= 4 is 22.6 Å². The lowest BCUT2D eigenvalue weighted by Crippen LogP contribution is -1.94. The van der Waals surface area contributed by atoms with Crippen molar-refractivity contribution in [2.75, 3.05) is 13.2 Å². The first-order valence-electron chi connectivity index (χ1n) is 3.35. The Morgan fingerprint density at radius 3 is 2.55 bits per heavy atom. The van der Waals surface area contributed by atoms with Gasteiger partial charge in [-0.05, 0) is 34.7 Å². The van der Waals surface area contributed by atoms with Gasteiger partial charge in [-0.1, -0.05) is 0 Å². The molecule has 1 aliphatic heterocycles. The van der Waals surface area contributed by atoms with E-state index in [1.807, 2.05) is 12.1 Å². The predicted molar refractivity (Wildman–Crippen MR) is 46.1 cm³/mol. The second-order valence-corrected chi connectivity index (χ2v) is 3.28. The molecule has 1 aromatic heterocycles. The minimum absolute atomic E-state index is 0.279. The number of hydrogen-bond donors (Lipinski definition) is 0. The molecule has 1 aromatic rings. The summed E-state index contributed by atoms with van der Waals surface area (Å²) in [7, 11) is 0. The highest BCUT2D eigenvalue weighted by atomic mass is 127. The van der Waals surface area contributed by atoms with E-state index >= 15 is 0 Å². The van der Waals surface area contributed by atoms with Crippen molar-refractivity contribution in [3.8, 4) is 0 Å². The minimum Gasteiger partial charge on any atom is -0.450 e. The van der Waals surface area contributed by atoms with E-state index in [0.717, 1.165) is 9.53 Å². The minimum atomic E-state index is -0.279. The third kappa shape index (κ3) is 1.57. The monoisotopic (exact) mass is 266 g/mol. The normalized spacial score (nSPS) is 19.4. The smallest absolute Gasteiger partial charge is 0.217 e. The van der Waals surface area contributed by atoms with Crippen molar-refractivity contribution < 1.29 is 13.9 Å². The standard InChI is InChI=1S/C7H7IO3/c8-6-2-1-5(11-6)7-9-3-4-10-7/h1-2,7H,3-4H2. The number of rotatable bonds is 1. The van der Waals surface area contributed by atoms with E-state index in [4.69, 9.17) is 13.9 Å². The molecule has 3 nitrogen and oxygen atoms in total. The van der Waals surface area contributed by atoms with E-state index in [9.17, 15) is 0 Å². The SMILES string of the molecule is Ic1ccc(C2OCCO2)o1. The molecule has 0 saturated carbocycles. The van der Waals surface area contributed by atoms with Crippen LogP contribution in [0.3, 0.4) is 0 Å². The molecule has 0 spiro atoms. The number of furan rings is 1. The molecular weight excluding hydrogens is 259 g/mol. The van der Waals surface area contributed by atoms with Crippen LogP contribution in [0.2, 0.25) is 0 Å². The third-order valence-electron chi connectivity index (χ3n) is 1.45. The topological polar surface area (TPSA) is 31.6 Å². The van der Waals surface area contributed by atoms with Crippen LogP contribution in [0.4, 0.5) is 0 Å². The van der Waals surface area contributed by atoms with Gasteiger partial charge in [-0.2, -0.15) is 0 Å².